The fourth-order valence-electron chi connectivity index (χ4n) is 0.558. The average Bonchev–Trinajstić information content (AvgIpc) is 1.94. The van der Waals surface area contributed by atoms with Crippen LogP contribution >= 0.6 is 23.4 Å². The van der Waals surface area contributed by atoms with Gasteiger partial charge in [-0.05, 0) is 16.5 Å². The fraction of sp³-hybridized carbons (Fsp3) is 0.250. The minimum absolute atomic E-state index is 0.276. The molecule has 5 nitrogen and oxygen atoms in total. The number of hydrogen-bond acceptors (Lipinski definition) is 4. The van der Waals surface area contributed by atoms with Gasteiger partial charge in [0.1, 0.15) is 11.8 Å². The Morgan fingerprint density at radius 1 is 1.82 bits per heavy atom. The van der Waals surface area contributed by atoms with E-state index in [1.54, 1.807) is 0 Å². The van der Waals surface area contributed by atoms with E-state index in [2.05, 4.69) is 4.99 Å². The molecule has 1 atom stereocenters. The average molecular weight is 196 g/mol. The van der Waals surface area contributed by atoms with Gasteiger partial charge in [0.15, 0.2) is 0 Å². The molecule has 11 heavy (non-hydrogen) atoms. The zero-order chi connectivity index (χ0) is 8.43. The van der Waals surface area contributed by atoms with Crippen molar-refractivity contribution in [2.45, 2.75) is 5.62 Å². The number of aliphatic imine (C=N–C) groups is 1. The lowest BCUT2D eigenvalue weighted by Gasteiger charge is -2.13. The molecule has 0 spiro atoms. The Balaban J connectivity index is 2.87. The van der Waals surface area contributed by atoms with Gasteiger partial charge in [0.2, 0.25) is 0 Å². The predicted molar refractivity (Wildman–Crippen MR) is 40.9 cm³/mol. The molecule has 1 unspecified atom stereocenters. The first kappa shape index (κ1) is 8.29. The second kappa shape index (κ2) is 3.06. The summed E-state index contributed by atoms with van der Waals surface area (Å²) < 4.78 is 0.752. The molecule has 0 saturated heterocycles. The van der Waals surface area contributed by atoms with Gasteiger partial charge in [0.05, 0.1) is 6.08 Å². The Labute approximate surface area is 72.2 Å². The van der Waals surface area contributed by atoms with Gasteiger partial charge in [-0.3, -0.25) is 0 Å². The minimum atomic E-state index is -0.901. The number of halogens is 2. The lowest BCUT2D eigenvalue weighted by molar-refractivity contribution is -0.441. The van der Waals surface area contributed by atoms with Crippen molar-refractivity contribution in [2.24, 2.45) is 4.99 Å². The van der Waals surface area contributed by atoms with E-state index in [1.807, 2.05) is 0 Å². The van der Waals surface area contributed by atoms with Crippen LogP contribution < -0.4 is 0 Å². The van der Waals surface area contributed by atoms with E-state index in [-0.39, 0.29) is 5.82 Å². The summed E-state index contributed by atoms with van der Waals surface area (Å²) in [5.74, 6) is -0.276. The summed E-state index contributed by atoms with van der Waals surface area (Å²) in [6.45, 7) is 0. The molecule has 0 fully saturated rings. The summed E-state index contributed by atoms with van der Waals surface area (Å²) in [6.07, 6.45) is 2.42. The lowest BCUT2D eigenvalue weighted by Crippen LogP contribution is -2.26. The summed E-state index contributed by atoms with van der Waals surface area (Å²) in [7, 11) is 0. The van der Waals surface area contributed by atoms with Gasteiger partial charge < -0.3 is 10.1 Å². The van der Waals surface area contributed by atoms with Crippen molar-refractivity contribution in [3.8, 4) is 0 Å². The number of nitrogens with zero attached hydrogens (tertiary/aromatic N) is 3. The van der Waals surface area contributed by atoms with E-state index in [9.17, 15) is 10.1 Å². The van der Waals surface area contributed by atoms with E-state index in [0.717, 1.165) is 4.42 Å². The largest absolute Gasteiger partial charge is 0.358 e. The van der Waals surface area contributed by atoms with Gasteiger partial charge >= 0.3 is 5.82 Å². The monoisotopic (exact) mass is 195 g/mol. The molecule has 1 aliphatic heterocycles. The van der Waals surface area contributed by atoms with Crippen LogP contribution in [-0.2, 0) is 0 Å². The van der Waals surface area contributed by atoms with Crippen LogP contribution in [0.4, 0.5) is 0 Å². The molecule has 0 N–H and O–H groups in total. The highest BCUT2D eigenvalue weighted by atomic mass is 35.5. The van der Waals surface area contributed by atoms with Crippen LogP contribution in [-0.4, -0.2) is 21.2 Å². The van der Waals surface area contributed by atoms with E-state index < -0.39 is 10.5 Å². The maximum absolute atomic E-state index is 10.2. The maximum Gasteiger partial charge on any atom is 0.340 e. The summed E-state index contributed by atoms with van der Waals surface area (Å²) in [4.78, 5) is 13.2. The Morgan fingerprint density at radius 3 is 2.91 bits per heavy atom. The zero-order valence-electron chi connectivity index (χ0n) is 5.15. The summed E-state index contributed by atoms with van der Waals surface area (Å²) in [5, 5.41) is 10.2. The van der Waals surface area contributed by atoms with E-state index in [0.29, 0.717) is 0 Å². The quantitative estimate of drug-likeness (QED) is 0.208. The second-order valence-corrected chi connectivity index (χ2v) is 2.46. The third-order valence-electron chi connectivity index (χ3n) is 1.03. The lowest BCUT2D eigenvalue weighted by atomic mass is 10.5. The molecule has 0 amide bonds. The molecular formula is C4H3Cl2N3O2. The zero-order valence-corrected chi connectivity index (χ0v) is 6.66. The molecule has 1 aliphatic rings. The van der Waals surface area contributed by atoms with Gasteiger partial charge in [-0.1, -0.05) is 0 Å². The fourth-order valence-corrected chi connectivity index (χ4v) is 0.892. The third-order valence-corrected chi connectivity index (χ3v) is 1.79. The highest BCUT2D eigenvalue weighted by Gasteiger charge is 2.28. The molecule has 0 aromatic heterocycles. The van der Waals surface area contributed by atoms with Crippen LogP contribution in [0.1, 0.15) is 0 Å². The van der Waals surface area contributed by atoms with Gasteiger partial charge in [-0.25, -0.2) is 4.99 Å². The number of nitro groups is 1. The van der Waals surface area contributed by atoms with Gasteiger partial charge in [0, 0.05) is 6.21 Å². The standard InChI is InChI=1S/C4H3Cl2N3O2/c5-4-7-2-1-3(8(4)6)9(10)11/h1-2,4H. The first-order valence-electron chi connectivity index (χ1n) is 2.60. The predicted octanol–water partition coefficient (Wildman–Crippen LogP) is 1.17. The molecular weight excluding hydrogens is 193 g/mol. The minimum Gasteiger partial charge on any atom is -0.358 e. The molecule has 0 saturated carbocycles. The number of hydrogen-bond donors (Lipinski definition) is 0. The SMILES string of the molecule is O=[N+]([O-])C1=CC=NC(Cl)N1Cl. The van der Waals surface area contributed by atoms with Crippen LogP contribution in [0.15, 0.2) is 16.9 Å². The smallest absolute Gasteiger partial charge is 0.340 e. The van der Waals surface area contributed by atoms with Crippen LogP contribution in [0.5, 0.6) is 0 Å². The summed E-state index contributed by atoms with van der Waals surface area (Å²) >= 11 is 10.9. The van der Waals surface area contributed by atoms with Crippen LogP contribution in [0.25, 0.3) is 0 Å². The van der Waals surface area contributed by atoms with Crippen molar-refractivity contribution in [2.75, 3.05) is 0 Å². The van der Waals surface area contributed by atoms with Crippen molar-refractivity contribution < 1.29 is 4.92 Å². The molecule has 0 radical (unpaired) electrons. The topological polar surface area (TPSA) is 58.7 Å². The number of allylic oxidation sites excluding steroid dienone is 1. The summed E-state index contributed by atoms with van der Waals surface area (Å²) in [5.41, 5.74) is -0.901. The number of alkyl halides is 1. The molecule has 0 bridgehead atoms. The van der Waals surface area contributed by atoms with Gasteiger partial charge in [-0.15, -0.1) is 4.42 Å². The molecule has 1 rings (SSSR count). The van der Waals surface area contributed by atoms with E-state index in [4.69, 9.17) is 23.4 Å². The van der Waals surface area contributed by atoms with Crippen molar-refractivity contribution in [3.05, 3.63) is 22.0 Å². The molecule has 60 valence electrons. The van der Waals surface area contributed by atoms with Crippen LogP contribution in [0.2, 0.25) is 0 Å². The molecule has 0 aromatic carbocycles. The first-order chi connectivity index (χ1) is 5.13. The highest BCUT2D eigenvalue weighted by Crippen LogP contribution is 2.19. The Hall–Kier alpha value is -0.810. The Kier molecular flexibility index (Phi) is 2.31. The first-order valence-corrected chi connectivity index (χ1v) is 3.37. The molecule has 1 heterocycles. The number of rotatable bonds is 1. The van der Waals surface area contributed by atoms with E-state index in [1.165, 1.54) is 12.3 Å². The maximum atomic E-state index is 10.2. The van der Waals surface area contributed by atoms with Crippen LogP contribution in [0.3, 0.4) is 0 Å². The third kappa shape index (κ3) is 1.61. The van der Waals surface area contributed by atoms with Gasteiger partial charge in [0.25, 0.3) is 5.62 Å². The second-order valence-electron chi connectivity index (χ2n) is 1.70. The van der Waals surface area contributed by atoms with Gasteiger partial charge in [-0.2, -0.15) is 0 Å². The van der Waals surface area contributed by atoms with E-state index >= 15 is 0 Å². The molecule has 0 aromatic rings. The highest BCUT2D eigenvalue weighted by molar-refractivity contribution is 6.26. The molecule has 7 heteroatoms. The van der Waals surface area contributed by atoms with Crippen LogP contribution in [0, 0.1) is 10.1 Å². The Morgan fingerprint density at radius 2 is 2.45 bits per heavy atom. The normalized spacial score (nSPS) is 23.3. The van der Waals surface area contributed by atoms with Crippen molar-refractivity contribution >= 4 is 29.6 Å². The van der Waals surface area contributed by atoms with Crippen molar-refractivity contribution in [1.82, 2.24) is 4.42 Å². The van der Waals surface area contributed by atoms with Crippen molar-refractivity contribution in [1.29, 1.82) is 0 Å². The van der Waals surface area contributed by atoms with Crippen molar-refractivity contribution in [3.63, 3.8) is 0 Å². The Bertz CT molecular complexity index is 239. The molecule has 0 aliphatic carbocycles. The summed E-state index contributed by atoms with van der Waals surface area (Å²) in [6, 6.07) is 0.